The molecule has 3 rings (SSSR count). The number of carboxylic acid groups (broad SMARTS) is 1. The molecule has 2 N–H and O–H groups in total. The van der Waals surface area contributed by atoms with Gasteiger partial charge in [-0.15, -0.1) is 0 Å². The Morgan fingerprint density at radius 3 is 2.34 bits per heavy atom. The van der Waals surface area contributed by atoms with Gasteiger partial charge in [0.25, 0.3) is 5.91 Å². The van der Waals surface area contributed by atoms with E-state index in [9.17, 15) is 23.6 Å². The van der Waals surface area contributed by atoms with Gasteiger partial charge >= 0.3 is 12.1 Å². The summed E-state index contributed by atoms with van der Waals surface area (Å²) in [6.45, 7) is 1.75. The van der Waals surface area contributed by atoms with Crippen molar-refractivity contribution in [2.24, 2.45) is 5.92 Å². The van der Waals surface area contributed by atoms with Gasteiger partial charge in [0.2, 0.25) is 0 Å². The molecule has 12 heteroatoms. The van der Waals surface area contributed by atoms with Gasteiger partial charge < -0.3 is 15.2 Å². The van der Waals surface area contributed by atoms with Gasteiger partial charge in [0.05, 0.1) is 17.8 Å². The first kappa shape index (κ1) is 26.8. The zero-order valence-corrected chi connectivity index (χ0v) is 20.9. The van der Waals surface area contributed by atoms with Crippen molar-refractivity contribution in [3.05, 3.63) is 46.4 Å². The van der Waals surface area contributed by atoms with Gasteiger partial charge in [-0.25, -0.2) is 14.1 Å². The third-order valence-corrected chi connectivity index (χ3v) is 6.62. The van der Waals surface area contributed by atoms with Gasteiger partial charge in [0, 0.05) is 19.8 Å². The van der Waals surface area contributed by atoms with Crippen molar-refractivity contribution in [3.8, 4) is 0 Å². The predicted octanol–water partition coefficient (Wildman–Crippen LogP) is 5.26. The Labute approximate surface area is 214 Å². The number of fused-ring (bicyclic) bond motifs is 2. The van der Waals surface area contributed by atoms with Crippen LogP contribution in [0.25, 0.3) is 0 Å². The molecule has 1 aliphatic heterocycles. The molecule has 8 nitrogen and oxygen atoms in total. The molecule has 0 saturated heterocycles. The Kier molecular flexibility index (Phi) is 8.63. The van der Waals surface area contributed by atoms with Crippen molar-refractivity contribution < 1.29 is 33.4 Å². The van der Waals surface area contributed by atoms with Gasteiger partial charge in [0.15, 0.2) is 11.9 Å². The minimum atomic E-state index is -1.60. The van der Waals surface area contributed by atoms with E-state index in [4.69, 9.17) is 33.0 Å². The minimum Gasteiger partial charge on any atom is -0.481 e. The zero-order valence-electron chi connectivity index (χ0n) is 18.6. The van der Waals surface area contributed by atoms with Gasteiger partial charge in [-0.3, -0.25) is 14.4 Å². The number of aliphatic carboxylic acids is 1. The number of rotatable bonds is 8. The Bertz CT molecular complexity index is 1180. The van der Waals surface area contributed by atoms with Crippen LogP contribution in [0.4, 0.5) is 20.6 Å². The molecule has 2 aromatic carbocycles. The average Bonchev–Trinajstić information content (AvgIpc) is 2.79. The van der Waals surface area contributed by atoms with Crippen LogP contribution < -0.4 is 10.2 Å². The van der Waals surface area contributed by atoms with Crippen LogP contribution in [0.5, 0.6) is 0 Å². The number of carbonyl (C=O) groups is 4. The summed E-state index contributed by atoms with van der Waals surface area (Å²) in [5, 5.41) is 12.0. The van der Waals surface area contributed by atoms with Gasteiger partial charge in [0.1, 0.15) is 12.7 Å². The summed E-state index contributed by atoms with van der Waals surface area (Å²) < 4.78 is 18.4. The summed E-state index contributed by atoms with van der Waals surface area (Å²) in [5.41, 5.74) is 0.889. The number of hydrogen-bond donors (Lipinski definition) is 2. The molecule has 0 aliphatic carbocycles. The summed E-state index contributed by atoms with van der Waals surface area (Å²) in [7, 11) is 0. The quantitative estimate of drug-likeness (QED) is 0.467. The molecule has 2 aromatic rings. The van der Waals surface area contributed by atoms with E-state index >= 15 is 0 Å². The average molecular weight is 543 g/mol. The van der Waals surface area contributed by atoms with E-state index in [-0.39, 0.29) is 0 Å². The lowest BCUT2D eigenvalue weighted by Crippen LogP contribution is -2.50. The second-order valence-electron chi connectivity index (χ2n) is 7.97. The molecule has 0 saturated carbocycles. The number of alkyl halides is 1. The fraction of sp³-hybridized carbons (Fsp3) is 0.304. The Morgan fingerprint density at radius 2 is 1.71 bits per heavy atom. The van der Waals surface area contributed by atoms with E-state index in [2.05, 4.69) is 5.32 Å². The highest BCUT2D eigenvalue weighted by Crippen LogP contribution is 2.49. The molecule has 0 bridgehead atoms. The first-order valence-electron chi connectivity index (χ1n) is 10.4. The van der Waals surface area contributed by atoms with Crippen molar-refractivity contribution in [2.75, 3.05) is 11.6 Å². The SMILES string of the molecule is CC(C)[C@H](OC(=O)N1c2ccc(Cl)cc2Sc2ccc(Cl)cc21)C(=O)NC(CC(=O)O)C(=O)CF. The molecule has 186 valence electrons. The molecule has 1 heterocycles. The van der Waals surface area contributed by atoms with Crippen LogP contribution in [-0.4, -0.2) is 47.7 Å². The van der Waals surface area contributed by atoms with Crippen LogP contribution in [0.2, 0.25) is 10.0 Å². The summed E-state index contributed by atoms with van der Waals surface area (Å²) in [6, 6.07) is 8.30. The number of nitrogens with zero attached hydrogens (tertiary/aromatic N) is 1. The third kappa shape index (κ3) is 6.25. The molecule has 1 unspecified atom stereocenters. The molecular formula is C23H21Cl2FN2O6S. The molecular weight excluding hydrogens is 522 g/mol. The topological polar surface area (TPSA) is 113 Å². The van der Waals surface area contributed by atoms with E-state index in [0.29, 0.717) is 31.2 Å². The van der Waals surface area contributed by atoms with Gasteiger partial charge in [-0.1, -0.05) is 48.8 Å². The number of anilines is 2. The van der Waals surface area contributed by atoms with Crippen molar-refractivity contribution >= 4 is 70.1 Å². The Morgan fingerprint density at radius 1 is 1.06 bits per heavy atom. The lowest BCUT2D eigenvalue weighted by atomic mass is 10.0. The van der Waals surface area contributed by atoms with E-state index in [1.54, 1.807) is 50.2 Å². The highest BCUT2D eigenvalue weighted by Gasteiger charge is 2.36. The number of nitrogens with one attached hydrogen (secondary N) is 1. The van der Waals surface area contributed by atoms with Crippen LogP contribution in [0.1, 0.15) is 20.3 Å². The second-order valence-corrected chi connectivity index (χ2v) is 9.93. The normalized spacial score (nSPS) is 13.9. The third-order valence-electron chi connectivity index (χ3n) is 5.03. The molecule has 0 radical (unpaired) electrons. The van der Waals surface area contributed by atoms with E-state index in [0.717, 1.165) is 0 Å². The highest BCUT2D eigenvalue weighted by molar-refractivity contribution is 7.99. The maximum atomic E-state index is 13.4. The number of benzene rings is 2. The van der Waals surface area contributed by atoms with Crippen LogP contribution in [0.3, 0.4) is 0 Å². The van der Waals surface area contributed by atoms with Crippen LogP contribution in [-0.2, 0) is 19.1 Å². The Hall–Kier alpha value is -2.82. The highest BCUT2D eigenvalue weighted by atomic mass is 35.5. The standard InChI is InChI=1S/C23H21Cl2FN2O6S/c1-11(2)21(22(32)27-14(9-20(30)31)17(29)10-26)34-23(33)28-15-5-3-13(25)8-19(15)35-18-6-4-12(24)7-16(18)28/h3-8,11,14,21H,9-10H2,1-2H3,(H,27,32)(H,30,31)/t14?,21-/m0/s1. The first-order chi connectivity index (χ1) is 16.5. The molecule has 2 amide bonds. The lowest BCUT2D eigenvalue weighted by Gasteiger charge is -2.32. The minimum absolute atomic E-state index is 0.374. The predicted molar refractivity (Wildman–Crippen MR) is 129 cm³/mol. The molecule has 0 aromatic heterocycles. The van der Waals surface area contributed by atoms with Crippen molar-refractivity contribution in [1.82, 2.24) is 5.32 Å². The zero-order chi connectivity index (χ0) is 25.9. The molecule has 0 spiro atoms. The molecule has 35 heavy (non-hydrogen) atoms. The fourth-order valence-electron chi connectivity index (χ4n) is 3.37. The van der Waals surface area contributed by atoms with Crippen LogP contribution >= 0.6 is 35.0 Å². The number of Topliss-reactive ketones (excluding diaryl/α,β-unsaturated/α-hetero) is 1. The molecule has 1 aliphatic rings. The smallest absolute Gasteiger partial charge is 0.419 e. The van der Waals surface area contributed by atoms with Gasteiger partial charge in [-0.2, -0.15) is 0 Å². The van der Waals surface area contributed by atoms with E-state index in [1.807, 2.05) is 0 Å². The van der Waals surface area contributed by atoms with Gasteiger partial charge in [-0.05, 0) is 42.3 Å². The molecule has 2 atom stereocenters. The number of ketones is 1. The number of carbonyl (C=O) groups excluding carboxylic acids is 3. The van der Waals surface area contributed by atoms with E-state index < -0.39 is 54.9 Å². The number of carboxylic acids is 1. The van der Waals surface area contributed by atoms with Crippen molar-refractivity contribution in [2.45, 2.75) is 42.2 Å². The monoisotopic (exact) mass is 542 g/mol. The number of ether oxygens (including phenoxy) is 1. The van der Waals surface area contributed by atoms with Crippen molar-refractivity contribution in [3.63, 3.8) is 0 Å². The Balaban J connectivity index is 1.91. The number of amides is 2. The van der Waals surface area contributed by atoms with Crippen LogP contribution in [0.15, 0.2) is 46.2 Å². The summed E-state index contributed by atoms with van der Waals surface area (Å²) >= 11 is 13.7. The fourth-order valence-corrected chi connectivity index (χ4v) is 4.85. The summed E-state index contributed by atoms with van der Waals surface area (Å²) in [6.07, 6.45) is -3.12. The maximum Gasteiger partial charge on any atom is 0.419 e. The molecule has 0 fully saturated rings. The van der Waals surface area contributed by atoms with Crippen molar-refractivity contribution in [1.29, 1.82) is 0 Å². The lowest BCUT2D eigenvalue weighted by molar-refractivity contribution is -0.141. The second kappa shape index (κ2) is 11.3. The first-order valence-corrected chi connectivity index (χ1v) is 12.0. The maximum absolute atomic E-state index is 13.4. The summed E-state index contributed by atoms with van der Waals surface area (Å²) in [5.74, 6) is -3.98. The largest absolute Gasteiger partial charge is 0.481 e. The van der Waals surface area contributed by atoms with Crippen LogP contribution in [0, 0.1) is 5.92 Å². The van der Waals surface area contributed by atoms with E-state index in [1.165, 1.54) is 16.7 Å². The summed E-state index contributed by atoms with van der Waals surface area (Å²) in [4.78, 5) is 51.8. The number of halogens is 3. The number of hydrogen-bond acceptors (Lipinski definition) is 6.